The number of methoxy groups -OCH3 is 1. The standard InChI is InChI=1S/C56H73N7O8/c1-11-62-46-19-18-37-28-42(46)43(50(62)41-15-12-21-57-48(41)35(4)70-10)30-55(5,6)33-71-53(68)45-16-13-23-63(58-45)54(69)56(29-36-25-39(37)27-40(64)26-36)31-44(56)51(66)49(34(2)3)60(9)52(67)38-20-24-61(32-38)47(65)17-14-22-59(7)8/h12,14-15,17-19,21,25-28,34-35,38,44-45,49,58,64H,11,13,16,20,22-24,29-33H2,1-10H3/b17-14+/t35-,38-,44?,45-,49-,56?/m0/s1. The van der Waals surface area contributed by atoms with Gasteiger partial charge >= 0.3 is 5.97 Å². The van der Waals surface area contributed by atoms with E-state index in [0.717, 1.165) is 44.5 Å². The van der Waals surface area contributed by atoms with E-state index >= 15 is 9.59 Å². The van der Waals surface area contributed by atoms with Gasteiger partial charge in [-0.3, -0.25) is 34.0 Å². The molecule has 1 spiro atoms. The van der Waals surface area contributed by atoms with E-state index in [1.807, 2.05) is 58.0 Å². The van der Waals surface area contributed by atoms with Gasteiger partial charge in [0, 0.05) is 87.0 Å². The third-order valence-electron chi connectivity index (χ3n) is 15.2. The number of ether oxygens (including phenoxy) is 2. The number of pyridine rings is 1. The number of aryl methyl sites for hydroxylation is 1. The number of likely N-dealkylation sites (tertiary alicyclic amines) is 1. The Hall–Kier alpha value is -5.90. The van der Waals surface area contributed by atoms with Gasteiger partial charge in [0.05, 0.1) is 41.5 Å². The monoisotopic (exact) mass is 972 g/mol. The lowest BCUT2D eigenvalue weighted by molar-refractivity contribution is -0.156. The number of aromatic nitrogens is 2. The number of rotatable bonds is 12. The fourth-order valence-electron chi connectivity index (χ4n) is 11.5. The predicted octanol–water partition coefficient (Wildman–Crippen LogP) is 6.99. The van der Waals surface area contributed by atoms with Crippen LogP contribution in [0.25, 0.3) is 33.3 Å². The van der Waals surface area contributed by atoms with E-state index in [9.17, 15) is 19.5 Å². The van der Waals surface area contributed by atoms with Gasteiger partial charge in [-0.2, -0.15) is 0 Å². The van der Waals surface area contributed by atoms with Crippen molar-refractivity contribution in [2.45, 2.75) is 105 Å². The van der Waals surface area contributed by atoms with Crippen molar-refractivity contribution in [3.8, 4) is 28.1 Å². The molecule has 2 N–H and O–H groups in total. The summed E-state index contributed by atoms with van der Waals surface area (Å²) in [6.07, 6.45) is 7.27. The van der Waals surface area contributed by atoms with Crippen molar-refractivity contribution < 1.29 is 38.6 Å². The highest BCUT2D eigenvalue weighted by atomic mass is 16.5. The van der Waals surface area contributed by atoms with Crippen molar-refractivity contribution in [2.24, 2.45) is 28.6 Å². The quantitative estimate of drug-likeness (QED) is 0.111. The van der Waals surface area contributed by atoms with Gasteiger partial charge in [-0.1, -0.05) is 45.9 Å². The summed E-state index contributed by atoms with van der Waals surface area (Å²) < 4.78 is 14.3. The minimum Gasteiger partial charge on any atom is -0.508 e. The fourth-order valence-corrected chi connectivity index (χ4v) is 11.5. The van der Waals surface area contributed by atoms with Crippen molar-refractivity contribution in [3.05, 3.63) is 83.7 Å². The number of hydrogen-bond acceptors (Lipinski definition) is 11. The number of benzene rings is 2. The molecule has 3 aliphatic heterocycles. The van der Waals surface area contributed by atoms with E-state index in [0.29, 0.717) is 57.4 Å². The molecule has 4 aliphatic rings. The highest BCUT2D eigenvalue weighted by Crippen LogP contribution is 2.58. The number of fused-ring (bicyclic) bond motifs is 6. The van der Waals surface area contributed by atoms with Crippen LogP contribution < -0.4 is 5.43 Å². The molecule has 5 heterocycles. The average molecular weight is 972 g/mol. The lowest BCUT2D eigenvalue weighted by Gasteiger charge is -2.36. The zero-order valence-electron chi connectivity index (χ0n) is 43.3. The number of cyclic esters (lactones) is 1. The van der Waals surface area contributed by atoms with Crippen LogP contribution in [0.4, 0.5) is 0 Å². The highest BCUT2D eigenvalue weighted by molar-refractivity contribution is 6.01. The summed E-state index contributed by atoms with van der Waals surface area (Å²) in [5, 5.41) is 14.0. The van der Waals surface area contributed by atoms with E-state index in [2.05, 4.69) is 55.0 Å². The van der Waals surface area contributed by atoms with Crippen molar-refractivity contribution >= 4 is 40.4 Å². The number of nitrogens with zero attached hydrogens (tertiary/aromatic N) is 6. The second-order valence-corrected chi connectivity index (χ2v) is 21.8. The number of ketones is 1. The van der Waals surface area contributed by atoms with Crippen LogP contribution in [0.1, 0.15) is 90.2 Å². The number of amides is 3. The molecule has 380 valence electrons. The Bertz CT molecular complexity index is 2730. The summed E-state index contributed by atoms with van der Waals surface area (Å²) in [5.41, 5.74) is 8.64. The molecule has 2 unspecified atom stereocenters. The van der Waals surface area contributed by atoms with Crippen LogP contribution in [-0.4, -0.2) is 137 Å². The van der Waals surface area contributed by atoms with Crippen LogP contribution in [0.5, 0.6) is 5.75 Å². The number of phenols is 1. The average Bonchev–Trinajstić information content (AvgIpc) is 3.69. The molecule has 6 bridgehead atoms. The van der Waals surface area contributed by atoms with E-state index in [1.165, 1.54) is 5.01 Å². The van der Waals surface area contributed by atoms with Gasteiger partial charge in [0.2, 0.25) is 17.7 Å². The molecule has 71 heavy (non-hydrogen) atoms. The van der Waals surface area contributed by atoms with Gasteiger partial charge in [-0.15, -0.1) is 0 Å². The van der Waals surface area contributed by atoms with Gasteiger partial charge in [0.25, 0.3) is 0 Å². The van der Waals surface area contributed by atoms with Crippen LogP contribution in [0.15, 0.2) is 66.9 Å². The predicted molar refractivity (Wildman–Crippen MR) is 273 cm³/mol. The lowest BCUT2D eigenvalue weighted by atomic mass is 9.84. The molecule has 15 nitrogen and oxygen atoms in total. The number of carbonyl (C=O) groups is 5. The number of carbonyl (C=O) groups excluding carboxylic acids is 5. The SMILES string of the molecule is CCn1c(-c2cccnc2[C@H](C)OC)c2c3cc(ccc31)-c1cc(O)cc(c1)CC1(CC1C(=O)[C@H](C(C)C)N(C)C(=O)[C@H]1CCN(C(=O)/C=C/CN(C)C)C1)C(=O)N1CCC[C@H](N1)C(=O)OCC(C)(C)C2. The second-order valence-electron chi connectivity index (χ2n) is 21.8. The van der Waals surface area contributed by atoms with Gasteiger partial charge in [0.15, 0.2) is 5.78 Å². The van der Waals surface area contributed by atoms with Crippen molar-refractivity contribution in [2.75, 3.05) is 61.0 Å². The van der Waals surface area contributed by atoms with Gasteiger partial charge in [-0.25, -0.2) is 5.43 Å². The maximum absolute atomic E-state index is 15.2. The van der Waals surface area contributed by atoms with Crippen LogP contribution in [-0.2, 0) is 52.8 Å². The molecule has 0 radical (unpaired) electrons. The number of esters is 1. The number of hydrogen-bond donors (Lipinski definition) is 2. The van der Waals surface area contributed by atoms with E-state index in [1.54, 1.807) is 48.4 Å². The summed E-state index contributed by atoms with van der Waals surface area (Å²) in [5.74, 6) is -2.78. The molecule has 4 aromatic rings. The Balaban J connectivity index is 1.18. The van der Waals surface area contributed by atoms with E-state index < -0.39 is 40.7 Å². The maximum atomic E-state index is 15.2. The zero-order valence-corrected chi connectivity index (χ0v) is 43.3. The smallest absolute Gasteiger partial charge is 0.324 e. The van der Waals surface area contributed by atoms with Crippen molar-refractivity contribution in [3.63, 3.8) is 0 Å². The number of phenolic OH excluding ortho intramolecular Hbond substituents is 1. The first-order valence-corrected chi connectivity index (χ1v) is 25.4. The summed E-state index contributed by atoms with van der Waals surface area (Å²) >= 11 is 0. The number of nitrogens with one attached hydrogen (secondary N) is 1. The molecule has 3 amide bonds. The Labute approximate surface area is 418 Å². The third kappa shape index (κ3) is 10.4. The summed E-state index contributed by atoms with van der Waals surface area (Å²) in [6, 6.07) is 14.1. The Morgan fingerprint density at radius 1 is 1.01 bits per heavy atom. The number of Topliss-reactive ketones (excluding diaryl/α,β-unsaturated/α-hetero) is 1. The van der Waals surface area contributed by atoms with Gasteiger partial charge < -0.3 is 33.8 Å². The number of likely N-dealkylation sites (N-methyl/N-ethyl adjacent to an activating group) is 2. The zero-order chi connectivity index (χ0) is 51.1. The highest BCUT2D eigenvalue weighted by Gasteiger charge is 2.66. The van der Waals surface area contributed by atoms with Crippen LogP contribution in [0.2, 0.25) is 0 Å². The molecule has 1 saturated carbocycles. The molecule has 8 rings (SSSR count). The fraction of sp³-hybridized carbons (Fsp3) is 0.536. The summed E-state index contributed by atoms with van der Waals surface area (Å²) in [6.45, 7) is 14.6. The Morgan fingerprint density at radius 3 is 2.51 bits per heavy atom. The molecule has 15 heteroatoms. The Kier molecular flexibility index (Phi) is 15.0. The summed E-state index contributed by atoms with van der Waals surface area (Å²) in [7, 11) is 7.19. The molecule has 1 aliphatic carbocycles. The first-order valence-electron chi connectivity index (χ1n) is 25.4. The number of hydrazine groups is 1. The van der Waals surface area contributed by atoms with Crippen molar-refractivity contribution in [1.82, 2.24) is 34.7 Å². The van der Waals surface area contributed by atoms with Gasteiger partial charge in [0.1, 0.15) is 11.8 Å². The molecule has 2 aromatic heterocycles. The molecule has 3 fully saturated rings. The molecular weight excluding hydrogens is 899 g/mol. The van der Waals surface area contributed by atoms with Crippen molar-refractivity contribution in [1.29, 1.82) is 0 Å². The molecule has 2 aromatic carbocycles. The maximum Gasteiger partial charge on any atom is 0.324 e. The normalized spacial score (nSPS) is 23.4. The van der Waals surface area contributed by atoms with Crippen LogP contribution >= 0.6 is 0 Å². The topological polar surface area (TPSA) is 167 Å². The second kappa shape index (κ2) is 20.7. The largest absolute Gasteiger partial charge is 0.508 e. The van der Waals surface area contributed by atoms with E-state index in [-0.39, 0.29) is 67.3 Å². The van der Waals surface area contributed by atoms with Crippen LogP contribution in [0, 0.1) is 28.6 Å². The lowest BCUT2D eigenvalue weighted by Crippen LogP contribution is -2.58. The van der Waals surface area contributed by atoms with Gasteiger partial charge in [-0.05, 0) is 131 Å². The molecule has 2 saturated heterocycles. The third-order valence-corrected chi connectivity index (χ3v) is 15.2. The summed E-state index contributed by atoms with van der Waals surface area (Å²) in [4.78, 5) is 81.7. The Morgan fingerprint density at radius 2 is 1.79 bits per heavy atom. The first kappa shape index (κ1) is 51.5. The van der Waals surface area contributed by atoms with Crippen LogP contribution in [0.3, 0.4) is 0 Å². The minimum absolute atomic E-state index is 0.0291. The number of aromatic hydroxyl groups is 1. The molecule has 6 atom stereocenters. The van der Waals surface area contributed by atoms with E-state index in [4.69, 9.17) is 14.5 Å². The minimum atomic E-state index is -1.23. The first-order chi connectivity index (χ1) is 33.8. The molecular formula is C56H73N7O8.